The molecule has 1 aliphatic heterocycles. The predicted molar refractivity (Wildman–Crippen MR) is 64.1 cm³/mol. The van der Waals surface area contributed by atoms with Crippen LogP contribution in [0.15, 0.2) is 0 Å². The Morgan fingerprint density at radius 2 is 2.31 bits per heavy atom. The topological polar surface area (TPSA) is 52.6 Å². The molecule has 0 aliphatic carbocycles. The van der Waals surface area contributed by atoms with Crippen LogP contribution >= 0.6 is 0 Å². The third-order valence-corrected chi connectivity index (χ3v) is 3.04. The van der Waals surface area contributed by atoms with Crippen molar-refractivity contribution in [1.29, 1.82) is 0 Å². The normalized spacial score (nSPS) is 21.6. The van der Waals surface area contributed by atoms with Gasteiger partial charge >= 0.3 is 0 Å². The third kappa shape index (κ3) is 4.94. The van der Waals surface area contributed by atoms with Crippen molar-refractivity contribution in [3.8, 4) is 0 Å². The first-order valence-corrected chi connectivity index (χ1v) is 6.21. The van der Waals surface area contributed by atoms with Crippen LogP contribution < -0.4 is 5.32 Å². The van der Waals surface area contributed by atoms with Gasteiger partial charge in [0.15, 0.2) is 0 Å². The Bertz CT molecular complexity index is 219. The van der Waals surface area contributed by atoms with Gasteiger partial charge in [0.2, 0.25) is 5.91 Å². The number of aliphatic hydroxyl groups excluding tert-OH is 1. The minimum atomic E-state index is 0.110. The van der Waals surface area contributed by atoms with Crippen LogP contribution in [0.5, 0.6) is 0 Å². The molecule has 1 saturated heterocycles. The summed E-state index contributed by atoms with van der Waals surface area (Å²) in [6.45, 7) is 7.59. The molecule has 0 aromatic heterocycles. The van der Waals surface area contributed by atoms with Crippen molar-refractivity contribution in [2.75, 3.05) is 32.8 Å². The minimum absolute atomic E-state index is 0.110. The Labute approximate surface area is 98.0 Å². The molecule has 1 atom stereocenters. The molecule has 1 rings (SSSR count). The average Bonchev–Trinajstić information content (AvgIpc) is 2.65. The molecule has 0 spiro atoms. The van der Waals surface area contributed by atoms with Gasteiger partial charge in [0.1, 0.15) is 0 Å². The first kappa shape index (κ1) is 13.5. The molecular weight excluding hydrogens is 204 g/mol. The predicted octanol–water partition coefficient (Wildman–Crippen LogP) is 0.463. The van der Waals surface area contributed by atoms with Crippen LogP contribution in [0.25, 0.3) is 0 Å². The van der Waals surface area contributed by atoms with Gasteiger partial charge in [-0.05, 0) is 31.2 Å². The van der Waals surface area contributed by atoms with Crippen LogP contribution in [-0.2, 0) is 4.79 Å². The number of nitrogens with zero attached hydrogens (tertiary/aromatic N) is 1. The lowest BCUT2D eigenvalue weighted by atomic mass is 10.1. The van der Waals surface area contributed by atoms with Gasteiger partial charge in [0.05, 0.1) is 6.54 Å². The quantitative estimate of drug-likeness (QED) is 0.694. The van der Waals surface area contributed by atoms with E-state index in [1.807, 2.05) is 0 Å². The van der Waals surface area contributed by atoms with E-state index in [1.54, 1.807) is 0 Å². The minimum Gasteiger partial charge on any atom is -0.396 e. The van der Waals surface area contributed by atoms with Crippen molar-refractivity contribution in [2.45, 2.75) is 26.7 Å². The first-order chi connectivity index (χ1) is 7.61. The summed E-state index contributed by atoms with van der Waals surface area (Å²) in [7, 11) is 0. The number of hydrogen-bond acceptors (Lipinski definition) is 3. The van der Waals surface area contributed by atoms with Gasteiger partial charge in [0.25, 0.3) is 0 Å². The van der Waals surface area contributed by atoms with Crippen LogP contribution in [0, 0.1) is 11.8 Å². The van der Waals surface area contributed by atoms with Crippen LogP contribution in [-0.4, -0.2) is 48.7 Å². The Morgan fingerprint density at radius 1 is 1.56 bits per heavy atom. The maximum absolute atomic E-state index is 11.6. The number of hydrogen-bond donors (Lipinski definition) is 2. The number of carbonyl (C=O) groups is 1. The van der Waals surface area contributed by atoms with E-state index in [4.69, 9.17) is 5.11 Å². The van der Waals surface area contributed by atoms with Crippen molar-refractivity contribution in [1.82, 2.24) is 10.2 Å². The summed E-state index contributed by atoms with van der Waals surface area (Å²) in [5, 5.41) is 11.9. The van der Waals surface area contributed by atoms with E-state index in [9.17, 15) is 4.79 Å². The van der Waals surface area contributed by atoms with Gasteiger partial charge < -0.3 is 10.4 Å². The molecule has 0 bridgehead atoms. The molecule has 1 fully saturated rings. The summed E-state index contributed by atoms with van der Waals surface area (Å²) < 4.78 is 0. The number of likely N-dealkylation sites (tertiary alicyclic amines) is 1. The Kier molecular flexibility index (Phi) is 5.77. The van der Waals surface area contributed by atoms with Crippen molar-refractivity contribution in [3.63, 3.8) is 0 Å². The summed E-state index contributed by atoms with van der Waals surface area (Å²) >= 11 is 0. The molecule has 0 aromatic rings. The molecule has 0 radical (unpaired) electrons. The maximum Gasteiger partial charge on any atom is 0.234 e. The highest BCUT2D eigenvalue weighted by molar-refractivity contribution is 5.78. The SMILES string of the molecule is CC(C)CCNC(=O)CN1CC[C@@H](CO)C1. The molecule has 94 valence electrons. The second-order valence-electron chi connectivity index (χ2n) is 5.10. The monoisotopic (exact) mass is 228 g/mol. The first-order valence-electron chi connectivity index (χ1n) is 6.21. The lowest BCUT2D eigenvalue weighted by molar-refractivity contribution is -0.122. The zero-order valence-electron chi connectivity index (χ0n) is 10.4. The highest BCUT2D eigenvalue weighted by Gasteiger charge is 2.22. The van der Waals surface area contributed by atoms with Crippen LogP contribution in [0.3, 0.4) is 0 Å². The number of aliphatic hydroxyl groups is 1. The molecule has 2 N–H and O–H groups in total. The van der Waals surface area contributed by atoms with Crippen molar-refractivity contribution in [3.05, 3.63) is 0 Å². The fourth-order valence-electron chi connectivity index (χ4n) is 1.96. The van der Waals surface area contributed by atoms with Gasteiger partial charge in [-0.1, -0.05) is 13.8 Å². The molecule has 0 saturated carbocycles. The molecule has 16 heavy (non-hydrogen) atoms. The van der Waals surface area contributed by atoms with E-state index >= 15 is 0 Å². The molecule has 0 unspecified atom stereocenters. The summed E-state index contributed by atoms with van der Waals surface area (Å²) in [6, 6.07) is 0. The maximum atomic E-state index is 11.6. The summed E-state index contributed by atoms with van der Waals surface area (Å²) in [6.07, 6.45) is 2.04. The Balaban J connectivity index is 2.10. The molecular formula is C12H24N2O2. The summed E-state index contributed by atoms with van der Waals surface area (Å²) in [5.74, 6) is 1.11. The average molecular weight is 228 g/mol. The van der Waals surface area contributed by atoms with Gasteiger partial charge in [-0.15, -0.1) is 0 Å². The van der Waals surface area contributed by atoms with Gasteiger partial charge in [-0.2, -0.15) is 0 Å². The van der Waals surface area contributed by atoms with Crippen LogP contribution in [0.1, 0.15) is 26.7 Å². The van der Waals surface area contributed by atoms with Crippen LogP contribution in [0.2, 0.25) is 0 Å². The van der Waals surface area contributed by atoms with Crippen molar-refractivity contribution >= 4 is 5.91 Å². The largest absolute Gasteiger partial charge is 0.396 e. The lowest BCUT2D eigenvalue weighted by Crippen LogP contribution is -2.36. The fraction of sp³-hybridized carbons (Fsp3) is 0.917. The zero-order chi connectivity index (χ0) is 12.0. The molecule has 4 heteroatoms. The van der Waals surface area contributed by atoms with Gasteiger partial charge in [-0.3, -0.25) is 9.69 Å². The second kappa shape index (κ2) is 6.86. The molecule has 0 aromatic carbocycles. The highest BCUT2D eigenvalue weighted by atomic mass is 16.3. The van der Waals surface area contributed by atoms with E-state index in [1.165, 1.54) is 0 Å². The molecule has 1 aliphatic rings. The molecule has 1 heterocycles. The number of rotatable bonds is 6. The van der Waals surface area contributed by atoms with Gasteiger partial charge in [-0.25, -0.2) is 0 Å². The van der Waals surface area contributed by atoms with E-state index in [0.29, 0.717) is 18.4 Å². The van der Waals surface area contributed by atoms with E-state index < -0.39 is 0 Å². The zero-order valence-corrected chi connectivity index (χ0v) is 10.4. The standard InChI is InChI=1S/C12H24N2O2/c1-10(2)3-5-13-12(16)8-14-6-4-11(7-14)9-15/h10-11,15H,3-9H2,1-2H3,(H,13,16)/t11-/m1/s1. The summed E-state index contributed by atoms with van der Waals surface area (Å²) in [4.78, 5) is 13.7. The molecule has 4 nitrogen and oxygen atoms in total. The Morgan fingerprint density at radius 3 is 2.88 bits per heavy atom. The Hall–Kier alpha value is -0.610. The van der Waals surface area contributed by atoms with Crippen LogP contribution in [0.4, 0.5) is 0 Å². The number of carbonyl (C=O) groups excluding carboxylic acids is 1. The fourth-order valence-corrected chi connectivity index (χ4v) is 1.96. The number of amides is 1. The summed E-state index contributed by atoms with van der Waals surface area (Å²) in [5.41, 5.74) is 0. The smallest absolute Gasteiger partial charge is 0.234 e. The van der Waals surface area contributed by atoms with E-state index in [0.717, 1.165) is 32.5 Å². The highest BCUT2D eigenvalue weighted by Crippen LogP contribution is 2.14. The molecule has 1 amide bonds. The number of nitrogens with one attached hydrogen (secondary N) is 1. The third-order valence-electron chi connectivity index (χ3n) is 3.04. The second-order valence-corrected chi connectivity index (χ2v) is 5.10. The van der Waals surface area contributed by atoms with E-state index in [-0.39, 0.29) is 12.5 Å². The lowest BCUT2D eigenvalue weighted by Gasteiger charge is -2.15. The van der Waals surface area contributed by atoms with Gasteiger partial charge in [0, 0.05) is 19.7 Å². The van der Waals surface area contributed by atoms with E-state index in [2.05, 4.69) is 24.1 Å². The van der Waals surface area contributed by atoms with Crippen molar-refractivity contribution in [2.24, 2.45) is 11.8 Å². The van der Waals surface area contributed by atoms with Crippen molar-refractivity contribution < 1.29 is 9.90 Å².